The fourth-order valence-electron chi connectivity index (χ4n) is 0.405. The van der Waals surface area contributed by atoms with Crippen LogP contribution < -0.4 is 0 Å². The van der Waals surface area contributed by atoms with Crippen LogP contribution in [0.3, 0.4) is 0 Å². The average Bonchev–Trinajstić information content (AvgIpc) is 1.64. The number of carboxylic acid groups (broad SMARTS) is 1. The third kappa shape index (κ3) is 2.26. The van der Waals surface area contributed by atoms with E-state index in [1.54, 1.807) is 13.8 Å². The molecule has 0 aliphatic carbocycles. The summed E-state index contributed by atoms with van der Waals surface area (Å²) in [4.78, 5) is 10.1. The first-order valence-electron chi connectivity index (χ1n) is 2.55. The van der Waals surface area contributed by atoms with Gasteiger partial charge < -0.3 is 5.11 Å². The van der Waals surface area contributed by atoms with Gasteiger partial charge in [-0.05, 0) is 13.8 Å². The summed E-state index contributed by atoms with van der Waals surface area (Å²) in [6.45, 7) is 2.25. The van der Waals surface area contributed by atoms with Gasteiger partial charge in [0.05, 0.1) is 5.57 Å². The van der Waals surface area contributed by atoms with Gasteiger partial charge >= 0.3 is 5.97 Å². The van der Waals surface area contributed by atoms with Crippen LogP contribution in [0, 0.1) is 0 Å². The number of allylic oxidation sites excluding steroid dienone is 1. The van der Waals surface area contributed by atoms with Crippen LogP contribution in [0.2, 0.25) is 0 Å². The number of rotatable bonds is 2. The number of alkyl halides is 1. The van der Waals surface area contributed by atoms with Crippen molar-refractivity contribution in [3.8, 4) is 0 Å². The molecule has 9 heavy (non-hydrogen) atoms. The second kappa shape index (κ2) is 3.22. The lowest BCUT2D eigenvalue weighted by Gasteiger charge is -1.95. The quantitative estimate of drug-likeness (QED) is 0.576. The lowest BCUT2D eigenvalue weighted by atomic mass is 10.2. The molecule has 0 atom stereocenters. The van der Waals surface area contributed by atoms with Gasteiger partial charge in [0.15, 0.2) is 0 Å². The van der Waals surface area contributed by atoms with Crippen LogP contribution >= 0.6 is 0 Å². The highest BCUT2D eigenvalue weighted by Crippen LogP contribution is 2.02. The Bertz CT molecular complexity index is 145. The summed E-state index contributed by atoms with van der Waals surface area (Å²) in [5.41, 5.74) is 0.375. The maximum absolute atomic E-state index is 11.7. The summed E-state index contributed by atoms with van der Waals surface area (Å²) in [5.74, 6) is -1.17. The minimum absolute atomic E-state index is 0.144. The van der Waals surface area contributed by atoms with E-state index in [0.717, 1.165) is 0 Å². The molecule has 0 aliphatic heterocycles. The Morgan fingerprint density at radius 2 is 2.00 bits per heavy atom. The Labute approximate surface area is 53.0 Å². The lowest BCUT2D eigenvalue weighted by molar-refractivity contribution is -0.132. The molecular weight excluding hydrogens is 123 g/mol. The fraction of sp³-hybridized carbons (Fsp3) is 0.500. The predicted octanol–water partition coefficient (Wildman–Crippen LogP) is 1.38. The number of hydrogen-bond donors (Lipinski definition) is 1. The van der Waals surface area contributed by atoms with E-state index in [4.69, 9.17) is 5.11 Å². The Kier molecular flexibility index (Phi) is 2.91. The Hall–Kier alpha value is -0.860. The van der Waals surface area contributed by atoms with E-state index in [0.29, 0.717) is 5.57 Å². The number of carbonyl (C=O) groups is 1. The van der Waals surface area contributed by atoms with Crippen LogP contribution in [0.25, 0.3) is 0 Å². The molecule has 3 heteroatoms. The van der Waals surface area contributed by atoms with Crippen molar-refractivity contribution in [3.63, 3.8) is 0 Å². The molecule has 0 aliphatic rings. The highest BCUT2D eigenvalue weighted by molar-refractivity contribution is 5.87. The molecule has 2 nitrogen and oxygen atoms in total. The van der Waals surface area contributed by atoms with E-state index in [2.05, 4.69) is 0 Å². The number of hydrogen-bond acceptors (Lipinski definition) is 1. The topological polar surface area (TPSA) is 37.3 Å². The van der Waals surface area contributed by atoms with Crippen molar-refractivity contribution < 1.29 is 14.3 Å². The largest absolute Gasteiger partial charge is 0.478 e. The molecule has 0 amide bonds. The normalized spacial score (nSPS) is 8.78. The first-order valence-corrected chi connectivity index (χ1v) is 2.55. The van der Waals surface area contributed by atoms with Crippen LogP contribution in [-0.2, 0) is 4.79 Å². The molecule has 0 aromatic carbocycles. The standard InChI is InChI=1S/C6H9FO2/c1-4(2)5(3-7)6(8)9/h3H2,1-2H3,(H,8,9). The van der Waals surface area contributed by atoms with Gasteiger partial charge in [-0.2, -0.15) is 0 Å². The van der Waals surface area contributed by atoms with E-state index in [1.165, 1.54) is 0 Å². The summed E-state index contributed by atoms with van der Waals surface area (Å²) in [5, 5.41) is 8.25. The van der Waals surface area contributed by atoms with Crippen molar-refractivity contribution in [2.24, 2.45) is 0 Å². The first-order chi connectivity index (χ1) is 4.09. The monoisotopic (exact) mass is 132 g/mol. The molecular formula is C6H9FO2. The zero-order chi connectivity index (χ0) is 7.44. The van der Waals surface area contributed by atoms with Gasteiger partial charge in [0.25, 0.3) is 0 Å². The van der Waals surface area contributed by atoms with Gasteiger partial charge in [0.2, 0.25) is 0 Å². The van der Waals surface area contributed by atoms with Crippen molar-refractivity contribution in [2.75, 3.05) is 6.67 Å². The summed E-state index contributed by atoms with van der Waals surface area (Å²) in [7, 11) is 0. The molecule has 0 spiro atoms. The molecule has 0 fully saturated rings. The molecule has 1 N–H and O–H groups in total. The third-order valence-electron chi connectivity index (χ3n) is 0.995. The molecule has 0 bridgehead atoms. The van der Waals surface area contributed by atoms with Crippen LogP contribution in [0.15, 0.2) is 11.1 Å². The third-order valence-corrected chi connectivity index (χ3v) is 0.995. The fourth-order valence-corrected chi connectivity index (χ4v) is 0.405. The second-order valence-corrected chi connectivity index (χ2v) is 1.92. The smallest absolute Gasteiger partial charge is 0.334 e. The van der Waals surface area contributed by atoms with Crippen molar-refractivity contribution in [1.29, 1.82) is 0 Å². The molecule has 0 unspecified atom stereocenters. The number of halogens is 1. The SMILES string of the molecule is CC(C)=C(CF)C(=O)O. The van der Waals surface area contributed by atoms with Crippen LogP contribution in [-0.4, -0.2) is 17.8 Å². The van der Waals surface area contributed by atoms with E-state index in [-0.39, 0.29) is 5.57 Å². The summed E-state index contributed by atoms with van der Waals surface area (Å²) >= 11 is 0. The molecule has 0 aromatic heterocycles. The second-order valence-electron chi connectivity index (χ2n) is 1.92. The van der Waals surface area contributed by atoms with Crippen molar-refractivity contribution >= 4 is 5.97 Å². The van der Waals surface area contributed by atoms with Crippen LogP contribution in [0.5, 0.6) is 0 Å². The Morgan fingerprint density at radius 1 is 1.56 bits per heavy atom. The summed E-state index contributed by atoms with van der Waals surface area (Å²) in [6.07, 6.45) is 0. The minimum atomic E-state index is -1.17. The predicted molar refractivity (Wildman–Crippen MR) is 32.0 cm³/mol. The molecule has 0 radical (unpaired) electrons. The molecule has 0 saturated heterocycles. The van der Waals surface area contributed by atoms with Gasteiger partial charge in [-0.1, -0.05) is 5.57 Å². The molecule has 0 aromatic rings. The van der Waals surface area contributed by atoms with Crippen LogP contribution in [0.4, 0.5) is 4.39 Å². The van der Waals surface area contributed by atoms with Crippen LogP contribution in [0.1, 0.15) is 13.8 Å². The van der Waals surface area contributed by atoms with Gasteiger partial charge in [-0.3, -0.25) is 0 Å². The summed E-state index contributed by atoms with van der Waals surface area (Å²) < 4.78 is 11.7. The summed E-state index contributed by atoms with van der Waals surface area (Å²) in [6, 6.07) is 0. The average molecular weight is 132 g/mol. The molecule has 0 heterocycles. The molecule has 0 saturated carbocycles. The Balaban J connectivity index is 4.35. The zero-order valence-electron chi connectivity index (χ0n) is 5.44. The van der Waals surface area contributed by atoms with Gasteiger partial charge in [0, 0.05) is 0 Å². The van der Waals surface area contributed by atoms with E-state index >= 15 is 0 Å². The van der Waals surface area contributed by atoms with Crippen molar-refractivity contribution in [1.82, 2.24) is 0 Å². The maximum atomic E-state index is 11.7. The highest BCUT2D eigenvalue weighted by atomic mass is 19.1. The van der Waals surface area contributed by atoms with Crippen molar-refractivity contribution in [3.05, 3.63) is 11.1 Å². The minimum Gasteiger partial charge on any atom is -0.478 e. The van der Waals surface area contributed by atoms with E-state index < -0.39 is 12.6 Å². The molecule has 52 valence electrons. The van der Waals surface area contributed by atoms with Gasteiger partial charge in [-0.25, -0.2) is 9.18 Å². The maximum Gasteiger partial charge on any atom is 0.334 e. The highest BCUT2D eigenvalue weighted by Gasteiger charge is 2.06. The van der Waals surface area contributed by atoms with E-state index in [1.807, 2.05) is 0 Å². The van der Waals surface area contributed by atoms with Crippen molar-refractivity contribution in [2.45, 2.75) is 13.8 Å². The Morgan fingerprint density at radius 3 is 2.00 bits per heavy atom. The van der Waals surface area contributed by atoms with Gasteiger partial charge in [-0.15, -0.1) is 0 Å². The molecule has 0 rings (SSSR count). The van der Waals surface area contributed by atoms with E-state index in [9.17, 15) is 9.18 Å². The number of aliphatic carboxylic acids is 1. The zero-order valence-corrected chi connectivity index (χ0v) is 5.44. The lowest BCUT2D eigenvalue weighted by Crippen LogP contribution is -2.03. The van der Waals surface area contributed by atoms with Gasteiger partial charge in [0.1, 0.15) is 6.67 Å². The number of carboxylic acids is 1. The first kappa shape index (κ1) is 8.14.